The van der Waals surface area contributed by atoms with Gasteiger partial charge in [-0.25, -0.2) is 0 Å². The van der Waals surface area contributed by atoms with Crippen LogP contribution in [0.4, 0.5) is 22.7 Å². The highest BCUT2D eigenvalue weighted by Crippen LogP contribution is 2.24. The molecule has 0 saturated carbocycles. The number of anilines is 3. The Morgan fingerprint density at radius 2 is 1.83 bits per heavy atom. The lowest BCUT2D eigenvalue weighted by molar-refractivity contribution is -0.385. The first kappa shape index (κ1) is 17.3. The Hall–Kier alpha value is -3.09. The Morgan fingerprint density at radius 3 is 2.42 bits per heavy atom. The van der Waals surface area contributed by atoms with E-state index in [1.54, 1.807) is 19.1 Å². The monoisotopic (exact) mass is 328 g/mol. The van der Waals surface area contributed by atoms with Crippen molar-refractivity contribution >= 4 is 28.7 Å². The smallest absolute Gasteiger partial charge is 0.274 e. The third-order valence-electron chi connectivity index (χ3n) is 3.61. The van der Waals surface area contributed by atoms with Crippen molar-refractivity contribution in [2.45, 2.75) is 6.92 Å². The highest BCUT2D eigenvalue weighted by atomic mass is 16.6. The summed E-state index contributed by atoms with van der Waals surface area (Å²) in [6, 6.07) is 12.2. The Kier molecular flexibility index (Phi) is 5.36. The second kappa shape index (κ2) is 7.45. The summed E-state index contributed by atoms with van der Waals surface area (Å²) in [5, 5.41) is 16.6. The van der Waals surface area contributed by atoms with Crippen LogP contribution in [0.5, 0.6) is 0 Å². The molecule has 2 aromatic carbocycles. The number of nitro benzene ring substituents is 1. The van der Waals surface area contributed by atoms with Crippen molar-refractivity contribution in [3.63, 3.8) is 0 Å². The lowest BCUT2D eigenvalue weighted by Gasteiger charge is -2.13. The number of hydrogen-bond acceptors (Lipinski definition) is 5. The number of nitrogens with one attached hydrogen (secondary N) is 2. The van der Waals surface area contributed by atoms with E-state index in [0.29, 0.717) is 16.9 Å². The van der Waals surface area contributed by atoms with Crippen LogP contribution in [0.1, 0.15) is 5.56 Å². The van der Waals surface area contributed by atoms with Crippen molar-refractivity contribution in [1.29, 1.82) is 0 Å². The van der Waals surface area contributed by atoms with Crippen LogP contribution in [0.25, 0.3) is 0 Å². The number of nitrogens with zero attached hydrogens (tertiary/aromatic N) is 2. The molecule has 0 saturated heterocycles. The van der Waals surface area contributed by atoms with Gasteiger partial charge in [-0.1, -0.05) is 6.07 Å². The first-order chi connectivity index (χ1) is 11.4. The van der Waals surface area contributed by atoms with Gasteiger partial charge in [-0.2, -0.15) is 0 Å². The van der Waals surface area contributed by atoms with Gasteiger partial charge in [0, 0.05) is 42.8 Å². The van der Waals surface area contributed by atoms with E-state index in [9.17, 15) is 14.9 Å². The maximum atomic E-state index is 12.0. The largest absolute Gasteiger partial charge is 0.378 e. The number of rotatable bonds is 6. The molecule has 2 rings (SSSR count). The minimum absolute atomic E-state index is 0.0252. The summed E-state index contributed by atoms with van der Waals surface area (Å²) >= 11 is 0. The summed E-state index contributed by atoms with van der Waals surface area (Å²) in [6.45, 7) is 1.68. The van der Waals surface area contributed by atoms with Gasteiger partial charge >= 0.3 is 0 Å². The van der Waals surface area contributed by atoms with Crippen LogP contribution in [-0.4, -0.2) is 31.5 Å². The molecule has 0 fully saturated rings. The van der Waals surface area contributed by atoms with Crippen molar-refractivity contribution < 1.29 is 9.72 Å². The van der Waals surface area contributed by atoms with E-state index in [-0.39, 0.29) is 18.1 Å². The van der Waals surface area contributed by atoms with Crippen LogP contribution < -0.4 is 15.5 Å². The van der Waals surface area contributed by atoms with Gasteiger partial charge < -0.3 is 15.5 Å². The fourth-order valence-electron chi connectivity index (χ4n) is 2.24. The highest BCUT2D eigenvalue weighted by Gasteiger charge is 2.13. The molecule has 0 aliphatic rings. The summed E-state index contributed by atoms with van der Waals surface area (Å²) in [4.78, 5) is 24.5. The van der Waals surface area contributed by atoms with E-state index in [0.717, 1.165) is 5.69 Å². The second-order valence-corrected chi connectivity index (χ2v) is 5.55. The second-order valence-electron chi connectivity index (χ2n) is 5.55. The molecule has 0 spiro atoms. The van der Waals surface area contributed by atoms with Gasteiger partial charge in [0.2, 0.25) is 5.91 Å². The van der Waals surface area contributed by atoms with Gasteiger partial charge in [-0.3, -0.25) is 14.9 Å². The SMILES string of the molecule is Cc1c(NCC(=O)Nc2ccc(N(C)C)cc2)cccc1[N+](=O)[O-]. The van der Waals surface area contributed by atoms with E-state index < -0.39 is 4.92 Å². The fourth-order valence-corrected chi connectivity index (χ4v) is 2.24. The molecule has 0 heterocycles. The molecule has 2 N–H and O–H groups in total. The van der Waals surface area contributed by atoms with Gasteiger partial charge in [0.25, 0.3) is 5.69 Å². The topological polar surface area (TPSA) is 87.5 Å². The summed E-state index contributed by atoms with van der Waals surface area (Å²) in [6.07, 6.45) is 0. The zero-order valence-corrected chi connectivity index (χ0v) is 13.9. The highest BCUT2D eigenvalue weighted by molar-refractivity contribution is 5.94. The standard InChI is InChI=1S/C17H20N4O3/c1-12-15(5-4-6-16(12)21(23)24)18-11-17(22)19-13-7-9-14(10-8-13)20(2)3/h4-10,18H,11H2,1-3H3,(H,19,22). The molecule has 0 aromatic heterocycles. The molecule has 24 heavy (non-hydrogen) atoms. The quantitative estimate of drug-likeness (QED) is 0.628. The predicted molar refractivity (Wildman–Crippen MR) is 95.7 cm³/mol. The van der Waals surface area contributed by atoms with E-state index >= 15 is 0 Å². The third-order valence-corrected chi connectivity index (χ3v) is 3.61. The molecule has 0 atom stereocenters. The molecule has 2 aromatic rings. The average Bonchev–Trinajstić information content (AvgIpc) is 2.54. The molecule has 0 bridgehead atoms. The summed E-state index contributed by atoms with van der Waals surface area (Å²) in [5.74, 6) is -0.224. The van der Waals surface area contributed by atoms with Crippen LogP contribution in [0.15, 0.2) is 42.5 Å². The van der Waals surface area contributed by atoms with Crippen molar-refractivity contribution in [2.75, 3.05) is 36.2 Å². The molecular formula is C17H20N4O3. The first-order valence-corrected chi connectivity index (χ1v) is 7.43. The normalized spacial score (nSPS) is 10.1. The zero-order chi connectivity index (χ0) is 17.7. The lowest BCUT2D eigenvalue weighted by atomic mass is 10.1. The molecule has 7 heteroatoms. The number of nitro groups is 1. The maximum absolute atomic E-state index is 12.0. The molecule has 7 nitrogen and oxygen atoms in total. The van der Waals surface area contributed by atoms with Gasteiger partial charge in [-0.05, 0) is 37.3 Å². The zero-order valence-electron chi connectivity index (χ0n) is 13.9. The van der Waals surface area contributed by atoms with Crippen LogP contribution in [0, 0.1) is 17.0 Å². The molecule has 0 unspecified atom stereocenters. The number of carbonyl (C=O) groups excluding carboxylic acids is 1. The van der Waals surface area contributed by atoms with E-state index in [1.807, 2.05) is 43.3 Å². The first-order valence-electron chi connectivity index (χ1n) is 7.43. The third kappa shape index (κ3) is 4.22. The lowest BCUT2D eigenvalue weighted by Crippen LogP contribution is -2.22. The summed E-state index contributed by atoms with van der Waals surface area (Å²) in [5.41, 5.74) is 2.84. The molecule has 126 valence electrons. The van der Waals surface area contributed by atoms with Crippen molar-refractivity contribution in [1.82, 2.24) is 0 Å². The van der Waals surface area contributed by atoms with Gasteiger partial charge in [-0.15, -0.1) is 0 Å². The minimum atomic E-state index is -0.438. The van der Waals surface area contributed by atoms with E-state index in [1.165, 1.54) is 6.07 Å². The molecule has 0 aliphatic carbocycles. The Balaban J connectivity index is 1.96. The molecule has 0 aliphatic heterocycles. The van der Waals surface area contributed by atoms with E-state index in [4.69, 9.17) is 0 Å². The maximum Gasteiger partial charge on any atom is 0.274 e. The Morgan fingerprint density at radius 1 is 1.17 bits per heavy atom. The van der Waals surface area contributed by atoms with Gasteiger partial charge in [0.1, 0.15) is 0 Å². The average molecular weight is 328 g/mol. The summed E-state index contributed by atoms with van der Waals surface area (Å²) < 4.78 is 0. The fraction of sp³-hybridized carbons (Fsp3) is 0.235. The predicted octanol–water partition coefficient (Wildman–Crippen LogP) is 3.02. The van der Waals surface area contributed by atoms with Crippen LogP contribution in [0.2, 0.25) is 0 Å². The summed E-state index contributed by atoms with van der Waals surface area (Å²) in [7, 11) is 3.89. The van der Waals surface area contributed by atoms with Crippen molar-refractivity contribution in [2.24, 2.45) is 0 Å². The molecular weight excluding hydrogens is 308 g/mol. The molecule has 1 amide bonds. The Labute approximate surface area is 140 Å². The Bertz CT molecular complexity index is 742. The number of benzene rings is 2. The van der Waals surface area contributed by atoms with Crippen molar-refractivity contribution in [3.05, 3.63) is 58.1 Å². The van der Waals surface area contributed by atoms with Crippen LogP contribution in [0.3, 0.4) is 0 Å². The van der Waals surface area contributed by atoms with Crippen molar-refractivity contribution in [3.8, 4) is 0 Å². The van der Waals surface area contributed by atoms with Crippen LogP contribution >= 0.6 is 0 Å². The van der Waals surface area contributed by atoms with E-state index in [2.05, 4.69) is 10.6 Å². The number of hydrogen-bond donors (Lipinski definition) is 2. The minimum Gasteiger partial charge on any atom is -0.378 e. The van der Waals surface area contributed by atoms with Gasteiger partial charge in [0.15, 0.2) is 0 Å². The van der Waals surface area contributed by atoms with Crippen LogP contribution in [-0.2, 0) is 4.79 Å². The number of carbonyl (C=O) groups is 1. The van der Waals surface area contributed by atoms with Gasteiger partial charge in [0.05, 0.1) is 11.5 Å². The number of amides is 1. The molecule has 0 radical (unpaired) electrons.